The van der Waals surface area contributed by atoms with Gasteiger partial charge in [-0.25, -0.2) is 0 Å². The first-order chi connectivity index (χ1) is 8.70. The zero-order valence-corrected chi connectivity index (χ0v) is 12.0. The van der Waals surface area contributed by atoms with E-state index in [-0.39, 0.29) is 5.91 Å². The molecule has 0 spiro atoms. The van der Waals surface area contributed by atoms with Crippen molar-refractivity contribution in [2.45, 2.75) is 0 Å². The summed E-state index contributed by atoms with van der Waals surface area (Å²) in [7, 11) is 1.62. The molecular formula is C14H12INO2. The summed E-state index contributed by atoms with van der Waals surface area (Å²) in [5, 5.41) is 2.85. The smallest absolute Gasteiger partial charge is 0.255 e. The number of hydrogen-bond donors (Lipinski definition) is 1. The van der Waals surface area contributed by atoms with Gasteiger partial charge in [0.05, 0.1) is 10.7 Å². The quantitative estimate of drug-likeness (QED) is 0.857. The number of halogens is 1. The lowest BCUT2D eigenvalue weighted by Crippen LogP contribution is -2.11. The molecule has 2 aromatic rings. The van der Waals surface area contributed by atoms with Crippen LogP contribution in [0.5, 0.6) is 5.75 Å². The van der Waals surface area contributed by atoms with Gasteiger partial charge < -0.3 is 10.1 Å². The summed E-state index contributed by atoms with van der Waals surface area (Å²) in [4.78, 5) is 11.9. The van der Waals surface area contributed by atoms with E-state index < -0.39 is 0 Å². The van der Waals surface area contributed by atoms with E-state index in [1.807, 2.05) is 36.4 Å². The van der Waals surface area contributed by atoms with E-state index in [1.54, 1.807) is 19.2 Å². The largest absolute Gasteiger partial charge is 0.496 e. The molecule has 0 atom stereocenters. The highest BCUT2D eigenvalue weighted by molar-refractivity contribution is 14.1. The van der Waals surface area contributed by atoms with E-state index in [1.165, 1.54) is 0 Å². The second-order valence-corrected chi connectivity index (χ2v) is 4.83. The molecule has 0 saturated carbocycles. The molecule has 2 rings (SSSR count). The average Bonchev–Trinajstić information content (AvgIpc) is 2.40. The van der Waals surface area contributed by atoms with Crippen LogP contribution < -0.4 is 10.1 Å². The molecule has 18 heavy (non-hydrogen) atoms. The molecule has 92 valence electrons. The summed E-state index contributed by atoms with van der Waals surface area (Å²) in [5.74, 6) is 0.685. The van der Waals surface area contributed by atoms with E-state index in [2.05, 4.69) is 27.9 Å². The lowest BCUT2D eigenvalue weighted by Gasteiger charge is -2.08. The Morgan fingerprint density at radius 3 is 2.50 bits per heavy atom. The van der Waals surface area contributed by atoms with E-state index in [0.717, 1.165) is 15.0 Å². The van der Waals surface area contributed by atoms with Crippen molar-refractivity contribution in [2.24, 2.45) is 0 Å². The predicted octanol–water partition coefficient (Wildman–Crippen LogP) is 3.55. The normalized spacial score (nSPS) is 9.89. The standard InChI is InChI=1S/C14H12INO2/c1-18-13-8-7-11(9-12(13)15)16-14(17)10-5-3-2-4-6-10/h2-9H,1H3,(H,16,17). The summed E-state index contributed by atoms with van der Waals surface area (Å²) in [6.07, 6.45) is 0. The van der Waals surface area contributed by atoms with Gasteiger partial charge in [-0.15, -0.1) is 0 Å². The third-order valence-corrected chi connectivity index (χ3v) is 3.29. The minimum Gasteiger partial charge on any atom is -0.496 e. The van der Waals surface area contributed by atoms with Crippen molar-refractivity contribution in [3.05, 3.63) is 57.7 Å². The molecule has 0 aromatic heterocycles. The Morgan fingerprint density at radius 2 is 1.89 bits per heavy atom. The van der Waals surface area contributed by atoms with Gasteiger partial charge in [-0.3, -0.25) is 4.79 Å². The van der Waals surface area contributed by atoms with Crippen molar-refractivity contribution in [3.63, 3.8) is 0 Å². The number of carbonyl (C=O) groups is 1. The summed E-state index contributed by atoms with van der Waals surface area (Å²) in [6, 6.07) is 14.7. The number of carbonyl (C=O) groups excluding carboxylic acids is 1. The number of rotatable bonds is 3. The second kappa shape index (κ2) is 5.86. The first-order valence-electron chi connectivity index (χ1n) is 5.40. The van der Waals surface area contributed by atoms with E-state index in [0.29, 0.717) is 5.56 Å². The maximum absolute atomic E-state index is 11.9. The van der Waals surface area contributed by atoms with Crippen LogP contribution in [0.4, 0.5) is 5.69 Å². The van der Waals surface area contributed by atoms with Gasteiger partial charge in [0, 0.05) is 11.3 Å². The Bertz CT molecular complexity index is 555. The van der Waals surface area contributed by atoms with Gasteiger partial charge in [-0.1, -0.05) is 18.2 Å². The van der Waals surface area contributed by atoms with Crippen LogP contribution in [-0.2, 0) is 0 Å². The Labute approximate surface area is 119 Å². The molecule has 0 unspecified atom stereocenters. The van der Waals surface area contributed by atoms with E-state index in [9.17, 15) is 4.79 Å². The molecule has 0 saturated heterocycles. The van der Waals surface area contributed by atoms with Crippen molar-refractivity contribution < 1.29 is 9.53 Å². The minimum atomic E-state index is -0.114. The van der Waals surface area contributed by atoms with Crippen molar-refractivity contribution in [1.29, 1.82) is 0 Å². The highest BCUT2D eigenvalue weighted by Gasteiger charge is 2.06. The molecule has 1 amide bonds. The van der Waals surface area contributed by atoms with Crippen molar-refractivity contribution in [1.82, 2.24) is 0 Å². The first-order valence-corrected chi connectivity index (χ1v) is 6.48. The van der Waals surface area contributed by atoms with Crippen LogP contribution in [0, 0.1) is 3.57 Å². The molecule has 0 aliphatic rings. The molecule has 0 bridgehead atoms. The molecule has 4 heteroatoms. The van der Waals surface area contributed by atoms with Gasteiger partial charge in [-0.2, -0.15) is 0 Å². The Balaban J connectivity index is 2.15. The van der Waals surface area contributed by atoms with E-state index >= 15 is 0 Å². The van der Waals surface area contributed by atoms with Gasteiger partial charge in [0.1, 0.15) is 5.75 Å². The third-order valence-electron chi connectivity index (χ3n) is 2.45. The molecule has 0 aliphatic carbocycles. The lowest BCUT2D eigenvalue weighted by molar-refractivity contribution is 0.102. The summed E-state index contributed by atoms with van der Waals surface area (Å²) in [6.45, 7) is 0. The molecule has 0 fully saturated rings. The SMILES string of the molecule is COc1ccc(NC(=O)c2ccccc2)cc1I. The number of methoxy groups -OCH3 is 1. The second-order valence-electron chi connectivity index (χ2n) is 3.67. The van der Waals surface area contributed by atoms with Crippen LogP contribution in [0.1, 0.15) is 10.4 Å². The van der Waals surface area contributed by atoms with E-state index in [4.69, 9.17) is 4.74 Å². The van der Waals surface area contributed by atoms with Crippen LogP contribution in [-0.4, -0.2) is 13.0 Å². The number of anilines is 1. The topological polar surface area (TPSA) is 38.3 Å². The average molecular weight is 353 g/mol. The van der Waals surface area contributed by atoms with Crippen molar-refractivity contribution in [3.8, 4) is 5.75 Å². The fourth-order valence-corrected chi connectivity index (χ4v) is 2.27. The number of hydrogen-bond acceptors (Lipinski definition) is 2. The van der Waals surface area contributed by atoms with Crippen LogP contribution in [0.3, 0.4) is 0 Å². The highest BCUT2D eigenvalue weighted by atomic mass is 127. The third kappa shape index (κ3) is 3.01. The van der Waals surface area contributed by atoms with Gasteiger partial charge in [0.25, 0.3) is 5.91 Å². The molecule has 3 nitrogen and oxygen atoms in total. The first kappa shape index (κ1) is 12.9. The van der Waals surface area contributed by atoms with Crippen LogP contribution in [0.25, 0.3) is 0 Å². The molecule has 0 aliphatic heterocycles. The predicted molar refractivity (Wildman–Crippen MR) is 80.1 cm³/mol. The zero-order chi connectivity index (χ0) is 13.0. The van der Waals surface area contributed by atoms with Crippen molar-refractivity contribution in [2.75, 3.05) is 12.4 Å². The van der Waals surface area contributed by atoms with Gasteiger partial charge >= 0.3 is 0 Å². The number of ether oxygens (including phenoxy) is 1. The molecule has 2 aromatic carbocycles. The van der Waals surface area contributed by atoms with Gasteiger partial charge in [0.15, 0.2) is 0 Å². The molecule has 0 radical (unpaired) electrons. The van der Waals surface area contributed by atoms with Gasteiger partial charge in [0.2, 0.25) is 0 Å². The summed E-state index contributed by atoms with van der Waals surface area (Å²) < 4.78 is 6.13. The highest BCUT2D eigenvalue weighted by Crippen LogP contribution is 2.24. The van der Waals surface area contributed by atoms with Crippen molar-refractivity contribution >= 4 is 34.2 Å². The minimum absolute atomic E-state index is 0.114. The maximum atomic E-state index is 11.9. The molecular weight excluding hydrogens is 341 g/mol. The maximum Gasteiger partial charge on any atom is 0.255 e. The monoisotopic (exact) mass is 353 g/mol. The Hall–Kier alpha value is -1.56. The fraction of sp³-hybridized carbons (Fsp3) is 0.0714. The van der Waals surface area contributed by atoms with Crippen LogP contribution in [0.2, 0.25) is 0 Å². The molecule has 1 N–H and O–H groups in total. The Morgan fingerprint density at radius 1 is 1.17 bits per heavy atom. The van der Waals surface area contributed by atoms with Crippen LogP contribution in [0.15, 0.2) is 48.5 Å². The number of nitrogens with one attached hydrogen (secondary N) is 1. The van der Waals surface area contributed by atoms with Gasteiger partial charge in [-0.05, 0) is 52.9 Å². The summed E-state index contributed by atoms with van der Waals surface area (Å²) in [5.41, 5.74) is 1.40. The lowest BCUT2D eigenvalue weighted by atomic mass is 10.2. The fourth-order valence-electron chi connectivity index (χ4n) is 1.54. The summed E-state index contributed by atoms with van der Waals surface area (Å²) >= 11 is 2.17. The number of benzene rings is 2. The number of amides is 1. The van der Waals surface area contributed by atoms with Crippen LogP contribution >= 0.6 is 22.6 Å². The zero-order valence-electron chi connectivity index (χ0n) is 9.81. The molecule has 0 heterocycles. The Kier molecular flexibility index (Phi) is 4.19.